The van der Waals surface area contributed by atoms with E-state index >= 15 is 0 Å². The standard InChI is InChI=1S/C36H40ClN5O2S2.2C35H38ClN5O3S2/c1-21-33-31-12-11-29(37)35(33)34-22(2)40(4)39-30(34)20-45-18-25-16-26(41(5)38-25)19-46-27-15-24-9-7-10-28(24)32(17-27)44-14-8-13-42(31)36(21)23(3)43-6;2*1-20-31-29-11-10-27(36)33(31)32-21(2)39(3)38-28(32)19-45-17-23-15-24(40(4)37-23)18-46-25-14-22-8-6-9-26(22)30(16-25)44-13-7-12-41(29)34(20)35(42)43-5/h11-12,15-17H,3,7-10,13-14,18-20H2,1-2,4-6H3;2*10-11,14-16H,6-9,12-13,17-19H2,1-5H3. The third-order valence-corrected chi connectivity index (χ3v) is 34.9. The minimum absolute atomic E-state index is 0.359. The first-order chi connectivity index (χ1) is 66.7. The van der Waals surface area contributed by atoms with Crippen LogP contribution in [-0.2, 0) is 166 Å². The van der Waals surface area contributed by atoms with Crippen LogP contribution in [-0.4, -0.2) is 125 Å². The summed E-state index contributed by atoms with van der Waals surface area (Å²) in [5, 5.41) is 34.4. The van der Waals surface area contributed by atoms with Crippen LogP contribution in [0.5, 0.6) is 17.2 Å². The van der Waals surface area contributed by atoms with Crippen LogP contribution < -0.4 is 14.2 Å². The van der Waals surface area contributed by atoms with Crippen LogP contribution in [0, 0.1) is 41.5 Å². The summed E-state index contributed by atoms with van der Waals surface area (Å²) in [6.07, 6.45) is 12.3. The largest absolute Gasteiger partial charge is 0.495 e. The summed E-state index contributed by atoms with van der Waals surface area (Å²) in [6.45, 7) is 20.4. The van der Waals surface area contributed by atoms with Gasteiger partial charge in [0.1, 0.15) is 34.4 Å². The van der Waals surface area contributed by atoms with Crippen molar-refractivity contribution in [3.8, 4) is 50.6 Å². The molecule has 0 fully saturated rings. The Labute approximate surface area is 846 Å². The molecule has 3 aliphatic heterocycles. The summed E-state index contributed by atoms with van der Waals surface area (Å²) in [5.74, 6) is 9.95. The molecule has 9 aromatic heterocycles. The molecule has 23 nitrogen and oxygen atoms in total. The van der Waals surface area contributed by atoms with Crippen molar-refractivity contribution in [3.05, 3.63) is 248 Å². The summed E-state index contributed by atoms with van der Waals surface area (Å²) in [4.78, 5) is 30.3. The molecule has 0 atom stereocenters. The number of carbonyl (C=O) groups excluding carboxylic acids is 2. The number of fused-ring (bicyclic) bond motifs is 24. The molecular formula is C106H116Cl3N15O8S6. The number of esters is 2. The van der Waals surface area contributed by atoms with Gasteiger partial charge in [-0.25, -0.2) is 9.59 Å². The lowest BCUT2D eigenvalue weighted by molar-refractivity contribution is 0.0578. The Hall–Kier alpha value is -9.95. The number of benzene rings is 6. The van der Waals surface area contributed by atoms with E-state index < -0.39 is 0 Å². The maximum absolute atomic E-state index is 13.3. The molecule has 3 aliphatic carbocycles. The van der Waals surface area contributed by atoms with Gasteiger partial charge >= 0.3 is 11.9 Å². The number of carbonyl (C=O) groups is 2. The van der Waals surface area contributed by atoms with E-state index in [0.29, 0.717) is 76.6 Å². The second-order valence-electron chi connectivity index (χ2n) is 36.5. The Kier molecular flexibility index (Phi) is 29.0. The Morgan fingerprint density at radius 1 is 0.355 bits per heavy atom. The van der Waals surface area contributed by atoms with Crippen molar-refractivity contribution in [2.75, 3.05) is 41.2 Å². The zero-order valence-electron chi connectivity index (χ0n) is 81.0. The van der Waals surface area contributed by atoms with Crippen LogP contribution in [0.2, 0.25) is 15.1 Å². The molecule has 32 heteroatoms. The highest BCUT2D eigenvalue weighted by Gasteiger charge is 2.34. The van der Waals surface area contributed by atoms with E-state index in [1.165, 1.54) is 85.8 Å². The van der Waals surface area contributed by atoms with E-state index in [1.807, 2.05) is 162 Å². The van der Waals surface area contributed by atoms with E-state index in [1.54, 1.807) is 30.6 Å². The van der Waals surface area contributed by atoms with Gasteiger partial charge in [-0.05, 0) is 260 Å². The van der Waals surface area contributed by atoms with E-state index in [-0.39, 0.29) is 11.9 Å². The number of thioether (sulfide) groups is 6. The van der Waals surface area contributed by atoms with E-state index in [4.69, 9.17) is 93.8 Å². The van der Waals surface area contributed by atoms with Crippen LogP contribution in [0.4, 0.5) is 0 Å². The fourth-order valence-corrected chi connectivity index (χ4v) is 27.4. The molecule has 15 aromatic rings. The summed E-state index contributed by atoms with van der Waals surface area (Å²) >= 11 is 32.1. The lowest BCUT2D eigenvalue weighted by Crippen LogP contribution is -2.13. The highest BCUT2D eigenvalue weighted by molar-refractivity contribution is 7.99. The predicted molar refractivity (Wildman–Crippen MR) is 564 cm³/mol. The van der Waals surface area contributed by atoms with Crippen LogP contribution in [0.1, 0.15) is 184 Å². The SMILES string of the molecule is C=C(OC)c1c(C)c2c3c(Cl)ccc2n1CCCOc1cc(cc2c1CCC2)SCc1cc(nn1C)CSCc1nn(C)c(C)c1-3.COC(=O)c1c(C)c2c3c(Cl)ccc2n1CCCOc1cc(cc2c1CCC2)SCc1cc(nn1C)CSCc1nn(C)c(C)c1-3.COC(=O)c1c(C)c2c3c(Cl)ccc2n1CCCOc1cc(cc2c1CCC2)SCc1cc(nn1C)CSCc1nn(C)c(C)c1-3. The molecule has 21 rings (SSSR count). The van der Waals surface area contributed by atoms with Crippen molar-refractivity contribution in [2.24, 2.45) is 42.3 Å². The highest BCUT2D eigenvalue weighted by Crippen LogP contribution is 2.50. The topological polar surface area (TPSA) is 211 Å². The minimum atomic E-state index is -0.359. The predicted octanol–water partition coefficient (Wildman–Crippen LogP) is 24.3. The van der Waals surface area contributed by atoms with Gasteiger partial charge in [0.15, 0.2) is 0 Å². The van der Waals surface area contributed by atoms with Crippen LogP contribution >= 0.6 is 105 Å². The van der Waals surface area contributed by atoms with Crippen molar-refractivity contribution in [2.45, 2.75) is 205 Å². The number of aromatic nitrogens is 15. The molecule has 6 aromatic carbocycles. The van der Waals surface area contributed by atoms with Crippen molar-refractivity contribution in [1.29, 1.82) is 0 Å². The lowest BCUT2D eigenvalue weighted by Gasteiger charge is -2.16. The average Bonchev–Trinajstić information content (AvgIpc) is 1.58. The molecule has 0 N–H and O–H groups in total. The number of rotatable bonds is 4. The number of hydrogen-bond acceptors (Lipinski definition) is 20. The fourth-order valence-electron chi connectivity index (χ4n) is 21.1. The zero-order valence-corrected chi connectivity index (χ0v) is 88.2. The van der Waals surface area contributed by atoms with Gasteiger partial charge in [0, 0.05) is 244 Å². The third-order valence-electron chi connectivity index (χ3n) is 28.0. The Balaban J connectivity index is 0.000000132. The normalized spacial score (nSPS) is 15.3. The monoisotopic (exact) mass is 2020 g/mol. The van der Waals surface area contributed by atoms with Crippen LogP contribution in [0.3, 0.4) is 0 Å². The maximum atomic E-state index is 13.3. The van der Waals surface area contributed by atoms with E-state index in [2.05, 4.69) is 109 Å². The molecule has 24 bridgehead atoms. The highest BCUT2D eigenvalue weighted by atomic mass is 35.5. The molecule has 0 unspecified atom stereocenters. The summed E-state index contributed by atoms with van der Waals surface area (Å²) in [7, 11) is 16.6. The van der Waals surface area contributed by atoms with Gasteiger partial charge in [0.2, 0.25) is 0 Å². The van der Waals surface area contributed by atoms with Gasteiger partial charge in [-0.3, -0.25) is 28.1 Å². The van der Waals surface area contributed by atoms with Gasteiger partial charge in [-0.1, -0.05) is 41.4 Å². The number of methoxy groups -OCH3 is 3. The average molecular weight is 2030 g/mol. The maximum Gasteiger partial charge on any atom is 0.354 e. The molecule has 6 aliphatic rings. The molecule has 0 amide bonds. The molecule has 720 valence electrons. The quantitative estimate of drug-likeness (QED) is 0.118. The molecule has 138 heavy (non-hydrogen) atoms. The third kappa shape index (κ3) is 18.9. The van der Waals surface area contributed by atoms with Gasteiger partial charge in [0.05, 0.1) is 81.0 Å². The first-order valence-corrected chi connectivity index (χ1v) is 54.7. The van der Waals surface area contributed by atoms with Crippen molar-refractivity contribution < 1.29 is 38.0 Å². The molecule has 12 heterocycles. The number of aryl methyl sites for hydroxylation is 15. The Bertz CT molecular complexity index is 6650. The zero-order chi connectivity index (χ0) is 96.3. The summed E-state index contributed by atoms with van der Waals surface area (Å²) in [5.41, 5.74) is 35.0. The van der Waals surface area contributed by atoms with Crippen molar-refractivity contribution in [3.63, 3.8) is 0 Å². The Morgan fingerprint density at radius 2 is 0.659 bits per heavy atom. The summed E-state index contributed by atoms with van der Waals surface area (Å²) in [6, 6.07) is 32.5. The number of nitrogens with zero attached hydrogens (tertiary/aromatic N) is 15. The van der Waals surface area contributed by atoms with Gasteiger partial charge < -0.3 is 42.1 Å². The number of hydrogen-bond donors (Lipinski definition) is 0. The number of halogens is 3. The molecule has 0 saturated carbocycles. The lowest BCUT2D eigenvalue weighted by atomic mass is 9.97. The molecule has 0 radical (unpaired) electrons. The summed E-state index contributed by atoms with van der Waals surface area (Å²) < 4.78 is 54.3. The van der Waals surface area contributed by atoms with Crippen molar-refractivity contribution >= 4 is 156 Å². The fraction of sp³-hybridized carbons (Fsp3) is 0.396. The first-order valence-electron chi connectivity index (χ1n) is 47.2. The van der Waals surface area contributed by atoms with E-state index in [0.717, 1.165) is 274 Å². The smallest absolute Gasteiger partial charge is 0.354 e. The van der Waals surface area contributed by atoms with Crippen LogP contribution in [0.25, 0.3) is 71.8 Å². The van der Waals surface area contributed by atoms with Crippen LogP contribution in [0.15, 0.2) is 112 Å². The van der Waals surface area contributed by atoms with Crippen molar-refractivity contribution in [1.82, 2.24) is 72.4 Å². The van der Waals surface area contributed by atoms with Gasteiger partial charge in [0.25, 0.3) is 0 Å². The second kappa shape index (κ2) is 41.3. The van der Waals surface area contributed by atoms with Gasteiger partial charge in [-0.2, -0.15) is 30.6 Å². The molecule has 0 saturated heterocycles. The second-order valence-corrected chi connectivity index (χ2v) is 43.8. The molecular weight excluding hydrogens is 1910 g/mol. The van der Waals surface area contributed by atoms with Gasteiger partial charge in [-0.15, -0.1) is 70.6 Å². The Morgan fingerprint density at radius 3 is 0.964 bits per heavy atom. The van der Waals surface area contributed by atoms with E-state index in [9.17, 15) is 9.59 Å². The molecule has 0 spiro atoms. The minimum Gasteiger partial charge on any atom is -0.495 e. The number of ether oxygens (including phenoxy) is 6. The first kappa shape index (κ1) is 96.9.